The summed E-state index contributed by atoms with van der Waals surface area (Å²) in [5.74, 6) is 0.781. The maximum atomic E-state index is 11.8. The van der Waals surface area contributed by atoms with Crippen LogP contribution in [0.2, 0.25) is 0 Å². The lowest BCUT2D eigenvalue weighted by Gasteiger charge is -2.42. The Morgan fingerprint density at radius 2 is 1.86 bits per heavy atom. The van der Waals surface area contributed by atoms with Crippen LogP contribution in [0.4, 0.5) is 0 Å². The minimum Gasteiger partial charge on any atom is -0.486 e. The molecule has 1 amide bonds. The van der Waals surface area contributed by atoms with Crippen molar-refractivity contribution >= 4 is 18.1 Å². The Kier molecular flexibility index (Phi) is 8.38. The van der Waals surface area contributed by atoms with E-state index >= 15 is 0 Å². The SMILES string of the molecule is CC(=O)N[C@@H]1[C@@H](O)[C@H](O)[C@@H](CO)O[C@H]1n1nc(COc2ccc(C(C)(C)C)cc2)n(C(C)C)c1=S. The smallest absolute Gasteiger partial charge is 0.217 e. The molecule has 35 heavy (non-hydrogen) atoms. The van der Waals surface area contributed by atoms with E-state index in [9.17, 15) is 20.1 Å². The summed E-state index contributed by atoms with van der Waals surface area (Å²) < 4.78 is 15.3. The Bertz CT molecular complexity index is 1080. The summed E-state index contributed by atoms with van der Waals surface area (Å²) in [6, 6.07) is 6.77. The van der Waals surface area contributed by atoms with E-state index < -0.39 is 43.1 Å². The molecule has 11 heteroatoms. The third-order valence-electron chi connectivity index (χ3n) is 6.02. The number of aliphatic hydroxyl groups excluding tert-OH is 3. The molecule has 3 rings (SSSR count). The first-order valence-corrected chi connectivity index (χ1v) is 12.1. The number of carbonyl (C=O) groups is 1. The van der Waals surface area contributed by atoms with Crippen LogP contribution < -0.4 is 10.1 Å². The van der Waals surface area contributed by atoms with Crippen LogP contribution in [0.5, 0.6) is 5.75 Å². The first kappa shape index (κ1) is 27.3. The van der Waals surface area contributed by atoms with E-state index in [0.717, 1.165) is 0 Å². The molecule has 0 aliphatic carbocycles. The molecule has 0 unspecified atom stereocenters. The highest BCUT2D eigenvalue weighted by Gasteiger charge is 2.46. The minimum atomic E-state index is -1.40. The molecular weight excluding hydrogens is 472 g/mol. The lowest BCUT2D eigenvalue weighted by molar-refractivity contribution is -0.219. The standard InChI is InChI=1S/C24H36N4O6S/c1-13(2)27-18(12-33-16-9-7-15(8-10-16)24(4,5)6)26-28(23(27)35)22-19(25-14(3)30)21(32)20(31)17(11-29)34-22/h7-10,13,17,19-22,29,31-32H,11-12H2,1-6H3,(H,25,30)/t17-,19-,20-,21-,22-/m1/s1. The summed E-state index contributed by atoms with van der Waals surface area (Å²) >= 11 is 5.68. The van der Waals surface area contributed by atoms with Crippen molar-refractivity contribution < 1.29 is 29.6 Å². The maximum absolute atomic E-state index is 11.8. The number of hydrogen-bond acceptors (Lipinski definition) is 8. The average Bonchev–Trinajstić information content (AvgIpc) is 3.11. The number of aliphatic hydroxyl groups is 3. The molecule has 5 atom stereocenters. The molecule has 1 aromatic carbocycles. The van der Waals surface area contributed by atoms with Gasteiger partial charge in [-0.2, -0.15) is 5.10 Å². The molecular formula is C24H36N4O6S. The summed E-state index contributed by atoms with van der Waals surface area (Å²) in [5, 5.41) is 37.8. The number of nitrogens with zero attached hydrogens (tertiary/aromatic N) is 3. The molecule has 194 valence electrons. The molecule has 4 N–H and O–H groups in total. The Morgan fingerprint density at radius 3 is 2.37 bits per heavy atom. The van der Waals surface area contributed by atoms with E-state index in [-0.39, 0.29) is 18.1 Å². The molecule has 0 bridgehead atoms. The second-order valence-electron chi connectivity index (χ2n) is 10.1. The average molecular weight is 509 g/mol. The van der Waals surface area contributed by atoms with Crippen LogP contribution in [0.15, 0.2) is 24.3 Å². The Labute approximate surface area is 210 Å². The predicted molar refractivity (Wildman–Crippen MR) is 132 cm³/mol. The number of aromatic nitrogens is 3. The fourth-order valence-electron chi connectivity index (χ4n) is 4.12. The molecule has 0 saturated carbocycles. The van der Waals surface area contributed by atoms with Crippen molar-refractivity contribution in [3.63, 3.8) is 0 Å². The minimum absolute atomic E-state index is 0.0320. The molecule has 0 spiro atoms. The molecule has 1 aliphatic rings. The number of ether oxygens (including phenoxy) is 2. The van der Waals surface area contributed by atoms with Crippen molar-refractivity contribution in [2.24, 2.45) is 0 Å². The Balaban J connectivity index is 1.93. The van der Waals surface area contributed by atoms with Gasteiger partial charge in [-0.1, -0.05) is 32.9 Å². The van der Waals surface area contributed by atoms with Gasteiger partial charge in [0, 0.05) is 13.0 Å². The van der Waals surface area contributed by atoms with E-state index in [1.165, 1.54) is 17.2 Å². The number of carbonyl (C=O) groups excluding carboxylic acids is 1. The van der Waals surface area contributed by atoms with Crippen molar-refractivity contribution in [3.8, 4) is 5.75 Å². The molecule has 1 aliphatic heterocycles. The summed E-state index contributed by atoms with van der Waals surface area (Å²) in [5.41, 5.74) is 1.22. The van der Waals surface area contributed by atoms with Crippen molar-refractivity contribution in [3.05, 3.63) is 40.4 Å². The van der Waals surface area contributed by atoms with Crippen molar-refractivity contribution in [1.82, 2.24) is 19.7 Å². The third-order valence-corrected chi connectivity index (χ3v) is 6.40. The van der Waals surface area contributed by atoms with Crippen molar-refractivity contribution in [2.45, 2.75) is 90.2 Å². The van der Waals surface area contributed by atoms with Gasteiger partial charge >= 0.3 is 0 Å². The van der Waals surface area contributed by atoms with Crippen molar-refractivity contribution in [2.75, 3.05) is 6.61 Å². The molecule has 1 fully saturated rings. The zero-order valence-electron chi connectivity index (χ0n) is 21.0. The fraction of sp³-hybridized carbons (Fsp3) is 0.625. The van der Waals surface area contributed by atoms with Crippen LogP contribution in [0.3, 0.4) is 0 Å². The van der Waals surface area contributed by atoms with Gasteiger partial charge in [0.15, 0.2) is 12.1 Å². The Morgan fingerprint density at radius 1 is 1.23 bits per heavy atom. The summed E-state index contributed by atoms with van der Waals surface area (Å²) in [7, 11) is 0. The zero-order valence-corrected chi connectivity index (χ0v) is 21.8. The highest BCUT2D eigenvalue weighted by Crippen LogP contribution is 2.30. The van der Waals surface area contributed by atoms with E-state index in [2.05, 4.69) is 31.2 Å². The maximum Gasteiger partial charge on any atom is 0.217 e. The van der Waals surface area contributed by atoms with Gasteiger partial charge in [-0.3, -0.25) is 9.36 Å². The van der Waals surface area contributed by atoms with Crippen LogP contribution in [0.1, 0.15) is 65.2 Å². The van der Waals surface area contributed by atoms with Gasteiger partial charge in [0.1, 0.15) is 36.7 Å². The van der Waals surface area contributed by atoms with Gasteiger partial charge in [0.2, 0.25) is 10.7 Å². The van der Waals surface area contributed by atoms with E-state index in [1.54, 1.807) is 4.57 Å². The molecule has 2 heterocycles. The largest absolute Gasteiger partial charge is 0.486 e. The quantitative estimate of drug-likeness (QED) is 0.418. The molecule has 1 saturated heterocycles. The van der Waals surface area contributed by atoms with Crippen molar-refractivity contribution in [1.29, 1.82) is 0 Å². The van der Waals surface area contributed by atoms with Gasteiger partial charge in [-0.15, -0.1) is 0 Å². The second kappa shape index (κ2) is 10.8. The normalized spacial score (nSPS) is 25.0. The monoisotopic (exact) mass is 508 g/mol. The number of amides is 1. The summed E-state index contributed by atoms with van der Waals surface area (Å²) in [6.45, 7) is 11.2. The number of hydrogen-bond donors (Lipinski definition) is 4. The van der Waals surface area contributed by atoms with Gasteiger partial charge in [0.05, 0.1) is 6.61 Å². The number of benzene rings is 1. The van der Waals surface area contributed by atoms with E-state index in [4.69, 9.17) is 21.7 Å². The third kappa shape index (κ3) is 5.92. The van der Waals surface area contributed by atoms with Crippen LogP contribution in [-0.4, -0.2) is 66.5 Å². The van der Waals surface area contributed by atoms with Crippen LogP contribution in [0, 0.1) is 4.77 Å². The van der Waals surface area contributed by atoms with E-state index in [0.29, 0.717) is 16.3 Å². The number of rotatable bonds is 7. The second-order valence-corrected chi connectivity index (χ2v) is 10.5. The first-order valence-electron chi connectivity index (χ1n) is 11.7. The molecule has 1 aromatic heterocycles. The van der Waals surface area contributed by atoms with Gasteiger partial charge in [-0.25, -0.2) is 4.68 Å². The molecule has 2 aromatic rings. The van der Waals surface area contributed by atoms with Gasteiger partial charge in [-0.05, 0) is 49.2 Å². The highest BCUT2D eigenvalue weighted by molar-refractivity contribution is 7.71. The first-order chi connectivity index (χ1) is 16.3. The predicted octanol–water partition coefficient (Wildman–Crippen LogP) is 1.99. The lowest BCUT2D eigenvalue weighted by Crippen LogP contribution is -2.62. The Hall–Kier alpha value is -2.31. The highest BCUT2D eigenvalue weighted by atomic mass is 32.1. The topological polar surface area (TPSA) is 131 Å². The summed E-state index contributed by atoms with van der Waals surface area (Å²) in [4.78, 5) is 11.8. The molecule has 10 nitrogen and oxygen atoms in total. The van der Waals surface area contributed by atoms with Crippen LogP contribution >= 0.6 is 12.2 Å². The van der Waals surface area contributed by atoms with Gasteiger partial charge < -0.3 is 30.1 Å². The van der Waals surface area contributed by atoms with Crippen LogP contribution in [0.25, 0.3) is 0 Å². The number of nitrogens with one attached hydrogen (secondary N) is 1. The molecule has 0 radical (unpaired) electrons. The fourth-order valence-corrected chi connectivity index (χ4v) is 4.58. The summed E-state index contributed by atoms with van der Waals surface area (Å²) in [6.07, 6.45) is -4.92. The van der Waals surface area contributed by atoms with Gasteiger partial charge in [0.25, 0.3) is 0 Å². The zero-order chi connectivity index (χ0) is 26.1. The lowest BCUT2D eigenvalue weighted by atomic mass is 9.87. The van der Waals surface area contributed by atoms with Crippen LogP contribution in [-0.2, 0) is 21.6 Å². The van der Waals surface area contributed by atoms with E-state index in [1.807, 2.05) is 38.1 Å².